The minimum Gasteiger partial charge on any atom is -0.478 e. The highest BCUT2D eigenvalue weighted by molar-refractivity contribution is 6.03. The van der Waals surface area contributed by atoms with E-state index in [0.717, 1.165) is 6.07 Å². The van der Waals surface area contributed by atoms with Crippen LogP contribution in [0.2, 0.25) is 0 Å². The summed E-state index contributed by atoms with van der Waals surface area (Å²) < 4.78 is 36.6. The molecule has 0 spiro atoms. The Hall–Kier alpha value is -2.31. The number of benzene rings is 1. The fourth-order valence-corrected chi connectivity index (χ4v) is 1.54. The predicted molar refractivity (Wildman–Crippen MR) is 55.6 cm³/mol. The second-order valence-electron chi connectivity index (χ2n) is 3.62. The number of ketones is 1. The minimum atomic E-state index is -4.96. The monoisotopic (exact) mass is 257 g/mol. The number of carboxylic acids is 1. The Morgan fingerprint density at radius 2 is 1.83 bits per heavy atom. The summed E-state index contributed by atoms with van der Waals surface area (Å²) >= 11 is 0. The van der Waals surface area contributed by atoms with Crippen LogP contribution in [0.25, 0.3) is 10.9 Å². The molecule has 0 aliphatic heterocycles. The first-order chi connectivity index (χ1) is 8.29. The van der Waals surface area contributed by atoms with Gasteiger partial charge in [-0.25, -0.2) is 4.79 Å². The minimum absolute atomic E-state index is 0.0625. The van der Waals surface area contributed by atoms with Gasteiger partial charge in [-0.2, -0.15) is 13.2 Å². The number of carboxylic acid groups (broad SMARTS) is 1. The molecule has 0 saturated carbocycles. The molecule has 7 heteroatoms. The number of rotatable bonds is 2. The van der Waals surface area contributed by atoms with Crippen molar-refractivity contribution >= 4 is 22.7 Å². The number of Topliss-reactive ketones (excluding diaryl/α,β-unsaturated/α-hetero) is 1. The van der Waals surface area contributed by atoms with Crippen molar-refractivity contribution in [3.05, 3.63) is 35.5 Å². The molecule has 0 atom stereocenters. The molecule has 1 aromatic carbocycles. The molecule has 0 bridgehead atoms. The Bertz CT molecular complexity index is 643. The molecule has 0 unspecified atom stereocenters. The average molecular weight is 257 g/mol. The van der Waals surface area contributed by atoms with Crippen LogP contribution in [0.3, 0.4) is 0 Å². The largest absolute Gasteiger partial charge is 0.478 e. The van der Waals surface area contributed by atoms with E-state index < -0.39 is 23.6 Å². The van der Waals surface area contributed by atoms with E-state index in [4.69, 9.17) is 5.11 Å². The van der Waals surface area contributed by atoms with Crippen LogP contribution in [0.4, 0.5) is 13.2 Å². The molecule has 0 saturated heterocycles. The summed E-state index contributed by atoms with van der Waals surface area (Å²) in [5.41, 5.74) is -0.403. The van der Waals surface area contributed by atoms with Crippen LogP contribution in [0.1, 0.15) is 20.8 Å². The topological polar surface area (TPSA) is 70.2 Å². The average Bonchev–Trinajstić information content (AvgIpc) is 2.68. The fraction of sp³-hybridized carbons (Fsp3) is 0.0909. The second-order valence-corrected chi connectivity index (χ2v) is 3.62. The van der Waals surface area contributed by atoms with E-state index in [1.54, 1.807) is 0 Å². The second kappa shape index (κ2) is 3.86. The van der Waals surface area contributed by atoms with Gasteiger partial charge in [0.1, 0.15) is 0 Å². The molecule has 1 aromatic heterocycles. The lowest BCUT2D eigenvalue weighted by Gasteiger charge is -2.01. The summed E-state index contributed by atoms with van der Waals surface area (Å²) in [6.07, 6.45) is -4.96. The van der Waals surface area contributed by atoms with Gasteiger partial charge in [-0.1, -0.05) is 0 Å². The van der Waals surface area contributed by atoms with Gasteiger partial charge in [-0.3, -0.25) is 4.79 Å². The standard InChI is InChI=1S/C11H6F3NO3/c12-11(13,14)9(16)8-4-6-3-5(10(17)18)1-2-7(6)15-8/h1-4,15H,(H,17,18). The van der Waals surface area contributed by atoms with Crippen molar-refractivity contribution in [1.29, 1.82) is 0 Å². The Morgan fingerprint density at radius 1 is 1.17 bits per heavy atom. The van der Waals surface area contributed by atoms with Gasteiger partial charge in [0.25, 0.3) is 5.78 Å². The van der Waals surface area contributed by atoms with Crippen molar-refractivity contribution in [2.75, 3.05) is 0 Å². The number of alkyl halides is 3. The lowest BCUT2D eigenvalue weighted by atomic mass is 10.1. The molecule has 2 N–H and O–H groups in total. The molecular formula is C11H6F3NO3. The van der Waals surface area contributed by atoms with Crippen molar-refractivity contribution in [1.82, 2.24) is 4.98 Å². The number of carbonyl (C=O) groups is 2. The molecular weight excluding hydrogens is 251 g/mol. The van der Waals surface area contributed by atoms with Gasteiger partial charge in [-0.15, -0.1) is 0 Å². The summed E-state index contributed by atoms with van der Waals surface area (Å²) in [6, 6.07) is 4.73. The predicted octanol–water partition coefficient (Wildman–Crippen LogP) is 2.61. The van der Waals surface area contributed by atoms with E-state index in [0.29, 0.717) is 0 Å². The molecule has 0 aliphatic rings. The molecule has 1 heterocycles. The molecule has 2 rings (SSSR count). The van der Waals surface area contributed by atoms with Crippen LogP contribution in [0.15, 0.2) is 24.3 Å². The van der Waals surface area contributed by atoms with E-state index in [9.17, 15) is 22.8 Å². The highest BCUT2D eigenvalue weighted by Gasteiger charge is 2.40. The Balaban J connectivity index is 2.51. The Morgan fingerprint density at radius 3 is 2.39 bits per heavy atom. The maximum atomic E-state index is 12.2. The molecule has 0 aliphatic carbocycles. The van der Waals surface area contributed by atoms with Gasteiger partial charge in [0.15, 0.2) is 0 Å². The van der Waals surface area contributed by atoms with Crippen molar-refractivity contribution < 1.29 is 27.9 Å². The van der Waals surface area contributed by atoms with Gasteiger partial charge in [-0.05, 0) is 24.3 Å². The number of H-pyrrole nitrogens is 1. The fourth-order valence-electron chi connectivity index (χ4n) is 1.54. The summed E-state index contributed by atoms with van der Waals surface area (Å²) in [5, 5.41) is 8.97. The zero-order chi connectivity index (χ0) is 13.5. The van der Waals surface area contributed by atoms with Crippen LogP contribution in [-0.4, -0.2) is 28.0 Å². The Kier molecular flexibility index (Phi) is 2.61. The van der Waals surface area contributed by atoms with E-state index >= 15 is 0 Å². The molecule has 0 fully saturated rings. The van der Waals surface area contributed by atoms with Gasteiger partial charge < -0.3 is 10.1 Å². The molecule has 0 radical (unpaired) electrons. The summed E-state index contributed by atoms with van der Waals surface area (Å²) in [6.45, 7) is 0. The normalized spacial score (nSPS) is 11.7. The van der Waals surface area contributed by atoms with E-state index in [-0.39, 0.29) is 16.5 Å². The van der Waals surface area contributed by atoms with Gasteiger partial charge in [0, 0.05) is 10.9 Å². The number of nitrogens with one attached hydrogen (secondary N) is 1. The van der Waals surface area contributed by atoms with Crippen LogP contribution in [0, 0.1) is 0 Å². The number of aromatic carboxylic acids is 1. The number of halogens is 3. The smallest absolute Gasteiger partial charge is 0.456 e. The van der Waals surface area contributed by atoms with Gasteiger partial charge in [0.05, 0.1) is 11.3 Å². The van der Waals surface area contributed by atoms with E-state index in [1.807, 2.05) is 0 Å². The summed E-state index contributed by atoms with van der Waals surface area (Å²) in [7, 11) is 0. The number of aromatic nitrogens is 1. The van der Waals surface area contributed by atoms with Crippen LogP contribution >= 0.6 is 0 Å². The quantitative estimate of drug-likeness (QED) is 0.812. The van der Waals surface area contributed by atoms with Crippen LogP contribution in [0.5, 0.6) is 0 Å². The number of aromatic amines is 1. The summed E-state index contributed by atoms with van der Waals surface area (Å²) in [4.78, 5) is 24.0. The van der Waals surface area contributed by atoms with Crippen molar-refractivity contribution in [3.8, 4) is 0 Å². The molecule has 4 nitrogen and oxygen atoms in total. The maximum Gasteiger partial charge on any atom is 0.456 e. The van der Waals surface area contributed by atoms with Crippen molar-refractivity contribution in [2.24, 2.45) is 0 Å². The van der Waals surface area contributed by atoms with Gasteiger partial charge >= 0.3 is 12.1 Å². The lowest BCUT2D eigenvalue weighted by molar-refractivity contribution is -0.0887. The number of fused-ring (bicyclic) bond motifs is 1. The van der Waals surface area contributed by atoms with E-state index in [1.165, 1.54) is 18.2 Å². The molecule has 94 valence electrons. The number of hydrogen-bond acceptors (Lipinski definition) is 2. The zero-order valence-corrected chi connectivity index (χ0v) is 8.71. The van der Waals surface area contributed by atoms with Crippen LogP contribution in [-0.2, 0) is 0 Å². The first kappa shape index (κ1) is 12.2. The van der Waals surface area contributed by atoms with Crippen molar-refractivity contribution in [3.63, 3.8) is 0 Å². The first-order valence-corrected chi connectivity index (χ1v) is 4.76. The van der Waals surface area contributed by atoms with Crippen molar-refractivity contribution in [2.45, 2.75) is 6.18 Å². The molecule has 18 heavy (non-hydrogen) atoms. The highest BCUT2D eigenvalue weighted by Crippen LogP contribution is 2.24. The summed E-state index contributed by atoms with van der Waals surface area (Å²) in [5.74, 6) is -3.18. The molecule has 2 aromatic rings. The van der Waals surface area contributed by atoms with Gasteiger partial charge in [0.2, 0.25) is 0 Å². The third-order valence-electron chi connectivity index (χ3n) is 2.37. The highest BCUT2D eigenvalue weighted by atomic mass is 19.4. The SMILES string of the molecule is O=C(O)c1ccc2[nH]c(C(=O)C(F)(F)F)cc2c1. The number of hydrogen-bond donors (Lipinski definition) is 2. The third-order valence-corrected chi connectivity index (χ3v) is 2.37. The first-order valence-electron chi connectivity index (χ1n) is 4.76. The Labute approximate surface area is 98.0 Å². The lowest BCUT2D eigenvalue weighted by Crippen LogP contribution is -2.22. The molecule has 0 amide bonds. The third kappa shape index (κ3) is 2.06. The maximum absolute atomic E-state index is 12.2. The van der Waals surface area contributed by atoms with Crippen LogP contribution < -0.4 is 0 Å². The number of carbonyl (C=O) groups excluding carboxylic acids is 1. The zero-order valence-electron chi connectivity index (χ0n) is 8.71. The van der Waals surface area contributed by atoms with E-state index in [2.05, 4.69) is 4.98 Å².